The van der Waals surface area contributed by atoms with Gasteiger partial charge in [-0.3, -0.25) is 19.2 Å². The maximum Gasteiger partial charge on any atom is 0.243 e. The standard InChI is InChI=1S/C35H57N9O5/c1-20-9-10-22-16-23(20)17-30(35(49)43-28(7-4-14-37)33(47)41-19-24(39)6-3-13-36)44-34(48)29(8-5-15-38)42-32(46)27(40)18-26-21(2)25(22)11-12-31(26)45/h9-12,16,21,24,26-30,45H,3-8,13-15,17-19,36-40H2,1-2H3,(H,41,47)(H,42,46)(H,43,49)(H,44,48)/t21?,24-,26?,27-,28-,29-,30-/m0/s1. The van der Waals surface area contributed by atoms with Gasteiger partial charge in [0.15, 0.2) is 0 Å². The lowest BCUT2D eigenvalue weighted by Gasteiger charge is -2.31. The first-order valence-electron chi connectivity index (χ1n) is 17.4. The number of hydrogen-bond donors (Lipinski definition) is 10. The van der Waals surface area contributed by atoms with Gasteiger partial charge in [-0.15, -0.1) is 0 Å². The highest BCUT2D eigenvalue weighted by molar-refractivity contribution is 5.95. The van der Waals surface area contributed by atoms with E-state index in [0.717, 1.165) is 28.7 Å². The summed E-state index contributed by atoms with van der Waals surface area (Å²) in [6, 6.07) is 1.55. The molecule has 15 N–H and O–H groups in total. The Kier molecular flexibility index (Phi) is 15.7. The topological polar surface area (TPSA) is 267 Å². The van der Waals surface area contributed by atoms with Gasteiger partial charge in [0.2, 0.25) is 23.6 Å². The number of carbonyl (C=O) groups is 4. The maximum absolute atomic E-state index is 14.1. The number of aliphatic hydroxyl groups excluding tert-OH is 1. The van der Waals surface area contributed by atoms with Gasteiger partial charge in [-0.1, -0.05) is 31.2 Å². The largest absolute Gasteiger partial charge is 0.512 e. The second-order valence-corrected chi connectivity index (χ2v) is 13.3. The summed E-state index contributed by atoms with van der Waals surface area (Å²) in [5.74, 6) is -2.56. The van der Waals surface area contributed by atoms with Crippen LogP contribution in [0.25, 0.3) is 5.57 Å². The summed E-state index contributed by atoms with van der Waals surface area (Å²) in [6.45, 7) is 5.20. The van der Waals surface area contributed by atoms with Gasteiger partial charge >= 0.3 is 0 Å². The number of nitrogens with two attached hydrogens (primary N) is 5. The molecule has 3 rings (SSSR count). The molecular formula is C35H57N9O5. The average molecular weight is 684 g/mol. The molecule has 0 fully saturated rings. The van der Waals surface area contributed by atoms with Crippen LogP contribution in [0.15, 0.2) is 36.1 Å². The van der Waals surface area contributed by atoms with Crippen molar-refractivity contribution in [3.8, 4) is 0 Å². The van der Waals surface area contributed by atoms with Crippen molar-refractivity contribution in [2.75, 3.05) is 26.2 Å². The molecule has 0 saturated carbocycles. The number of carbonyl (C=O) groups excluding carboxylic acids is 4. The van der Waals surface area contributed by atoms with E-state index < -0.39 is 53.7 Å². The SMILES string of the molecule is Cc1ccc2cc1C[C@@H](C(=O)N[C@@H](CCCN)C(=O)NC[C@@H](N)CCCN)NC(=O)[C@H](CCCN)NC(=O)[C@@H](N)CC1C(O)=CC=C2C1C. The van der Waals surface area contributed by atoms with E-state index in [4.69, 9.17) is 28.7 Å². The van der Waals surface area contributed by atoms with Gasteiger partial charge in [0.25, 0.3) is 0 Å². The molecule has 4 amide bonds. The first kappa shape index (κ1) is 39.6. The molecule has 272 valence electrons. The molecule has 2 aliphatic rings. The van der Waals surface area contributed by atoms with Crippen molar-refractivity contribution >= 4 is 29.2 Å². The Labute approximate surface area is 289 Å². The average Bonchev–Trinajstić information content (AvgIpc) is 3.08. The number of benzene rings is 1. The lowest BCUT2D eigenvalue weighted by atomic mass is 9.76. The Morgan fingerprint density at radius 1 is 1.00 bits per heavy atom. The summed E-state index contributed by atoms with van der Waals surface area (Å²) in [6.07, 6.45) is 6.51. The molecular weight excluding hydrogens is 626 g/mol. The molecule has 7 atom stereocenters. The van der Waals surface area contributed by atoms with Gasteiger partial charge in [-0.2, -0.15) is 0 Å². The molecule has 14 heteroatoms. The molecule has 4 bridgehead atoms. The monoisotopic (exact) mass is 683 g/mol. The van der Waals surface area contributed by atoms with E-state index in [9.17, 15) is 24.3 Å². The van der Waals surface area contributed by atoms with Crippen molar-refractivity contribution in [3.63, 3.8) is 0 Å². The first-order valence-corrected chi connectivity index (χ1v) is 17.4. The molecule has 49 heavy (non-hydrogen) atoms. The highest BCUT2D eigenvalue weighted by atomic mass is 16.3. The third-order valence-corrected chi connectivity index (χ3v) is 9.47. The fraction of sp³-hybridized carbons (Fsp3) is 0.600. The van der Waals surface area contributed by atoms with Gasteiger partial charge in [0, 0.05) is 24.9 Å². The van der Waals surface area contributed by atoms with E-state index in [1.165, 1.54) is 0 Å². The number of allylic oxidation sites excluding steroid dienone is 4. The molecule has 2 unspecified atom stereocenters. The van der Waals surface area contributed by atoms with Crippen LogP contribution < -0.4 is 49.9 Å². The minimum atomic E-state index is -1.10. The molecule has 1 aliphatic carbocycles. The number of fused-ring (bicyclic) bond motifs is 5. The van der Waals surface area contributed by atoms with Crippen LogP contribution in [-0.2, 0) is 25.6 Å². The van der Waals surface area contributed by atoms with Crippen molar-refractivity contribution < 1.29 is 24.3 Å². The van der Waals surface area contributed by atoms with Crippen LogP contribution in [-0.4, -0.2) is 85.1 Å². The highest BCUT2D eigenvalue weighted by Gasteiger charge is 2.35. The Bertz CT molecular complexity index is 1370. The quantitative estimate of drug-likeness (QED) is 0.120. The fourth-order valence-corrected chi connectivity index (χ4v) is 6.33. The highest BCUT2D eigenvalue weighted by Crippen LogP contribution is 2.39. The Morgan fingerprint density at radius 2 is 1.69 bits per heavy atom. The normalized spacial score (nSPS) is 24.2. The third-order valence-electron chi connectivity index (χ3n) is 9.47. The zero-order valence-electron chi connectivity index (χ0n) is 28.9. The molecule has 0 saturated heterocycles. The fourth-order valence-electron chi connectivity index (χ4n) is 6.33. The second-order valence-electron chi connectivity index (χ2n) is 13.3. The van der Waals surface area contributed by atoms with Crippen LogP contribution in [0.3, 0.4) is 0 Å². The predicted molar refractivity (Wildman–Crippen MR) is 190 cm³/mol. The lowest BCUT2D eigenvalue weighted by Crippen LogP contribution is -2.58. The number of amides is 4. The van der Waals surface area contributed by atoms with Gasteiger partial charge in [-0.25, -0.2) is 0 Å². The van der Waals surface area contributed by atoms with E-state index in [1.54, 1.807) is 6.08 Å². The number of hydrogen-bond acceptors (Lipinski definition) is 10. The van der Waals surface area contributed by atoms with E-state index >= 15 is 0 Å². The summed E-state index contributed by atoms with van der Waals surface area (Å²) >= 11 is 0. The molecule has 0 aromatic heterocycles. The molecule has 1 heterocycles. The maximum atomic E-state index is 14.1. The van der Waals surface area contributed by atoms with Gasteiger partial charge in [0.05, 0.1) is 11.8 Å². The van der Waals surface area contributed by atoms with E-state index in [2.05, 4.69) is 21.3 Å². The van der Waals surface area contributed by atoms with Gasteiger partial charge in [0.1, 0.15) is 18.1 Å². The predicted octanol–water partition coefficient (Wildman–Crippen LogP) is -0.526. The van der Waals surface area contributed by atoms with E-state index in [1.807, 2.05) is 38.1 Å². The van der Waals surface area contributed by atoms with Crippen molar-refractivity contribution in [3.05, 3.63) is 52.8 Å². The van der Waals surface area contributed by atoms with Crippen molar-refractivity contribution in [2.45, 2.75) is 95.4 Å². The molecule has 14 nitrogen and oxygen atoms in total. The smallest absolute Gasteiger partial charge is 0.243 e. The minimum absolute atomic E-state index is 0.107. The van der Waals surface area contributed by atoms with Gasteiger partial charge < -0.3 is 55.0 Å². The summed E-state index contributed by atoms with van der Waals surface area (Å²) in [7, 11) is 0. The van der Waals surface area contributed by atoms with Crippen LogP contribution in [0, 0.1) is 18.8 Å². The van der Waals surface area contributed by atoms with Crippen LogP contribution in [0.5, 0.6) is 0 Å². The first-order chi connectivity index (χ1) is 23.4. The zero-order valence-corrected chi connectivity index (χ0v) is 28.9. The molecule has 1 aliphatic heterocycles. The molecule has 1 aromatic carbocycles. The summed E-state index contributed by atoms with van der Waals surface area (Å²) in [5.41, 5.74) is 33.1. The van der Waals surface area contributed by atoms with Crippen LogP contribution in [0.1, 0.15) is 68.6 Å². The number of aryl methyl sites for hydroxylation is 1. The van der Waals surface area contributed by atoms with Crippen molar-refractivity contribution in [2.24, 2.45) is 40.5 Å². The van der Waals surface area contributed by atoms with Gasteiger partial charge in [-0.05, 0) is 106 Å². The lowest BCUT2D eigenvalue weighted by molar-refractivity contribution is -0.134. The van der Waals surface area contributed by atoms with Crippen molar-refractivity contribution in [1.29, 1.82) is 0 Å². The van der Waals surface area contributed by atoms with Crippen LogP contribution >= 0.6 is 0 Å². The third kappa shape index (κ3) is 11.4. The number of aliphatic hydroxyl groups is 1. The Hall–Kier alpha value is -3.82. The molecule has 0 radical (unpaired) electrons. The number of nitrogens with one attached hydrogen (secondary N) is 4. The van der Waals surface area contributed by atoms with Crippen LogP contribution in [0.4, 0.5) is 0 Å². The molecule has 1 aromatic rings. The Morgan fingerprint density at radius 3 is 2.39 bits per heavy atom. The van der Waals surface area contributed by atoms with Crippen LogP contribution in [0.2, 0.25) is 0 Å². The van der Waals surface area contributed by atoms with Crippen molar-refractivity contribution in [1.82, 2.24) is 21.3 Å². The summed E-state index contributed by atoms with van der Waals surface area (Å²) in [5, 5.41) is 22.1. The Balaban J connectivity index is 2.00. The summed E-state index contributed by atoms with van der Waals surface area (Å²) in [4.78, 5) is 54.5. The van der Waals surface area contributed by atoms with E-state index in [-0.39, 0.29) is 56.5 Å². The number of rotatable bonds is 14. The zero-order chi connectivity index (χ0) is 36.1. The second kappa shape index (κ2) is 19.4. The van der Waals surface area contributed by atoms with E-state index in [0.29, 0.717) is 32.4 Å². The summed E-state index contributed by atoms with van der Waals surface area (Å²) < 4.78 is 0. The molecule has 0 spiro atoms. The minimum Gasteiger partial charge on any atom is -0.512 e.